The highest BCUT2D eigenvalue weighted by Gasteiger charge is 2.39. The minimum atomic E-state index is -0.651. The second-order valence-electron chi connectivity index (χ2n) is 6.59. The number of nitrogens with zero attached hydrogens (tertiary/aromatic N) is 3. The van der Waals surface area contributed by atoms with Gasteiger partial charge in [0.25, 0.3) is 11.5 Å². The van der Waals surface area contributed by atoms with Crippen LogP contribution in [0, 0.1) is 0 Å². The molecule has 1 fully saturated rings. The van der Waals surface area contributed by atoms with Gasteiger partial charge in [0.2, 0.25) is 11.8 Å². The fraction of sp³-hybridized carbons (Fsp3) is 0.278. The van der Waals surface area contributed by atoms with E-state index in [1.54, 1.807) is 31.4 Å². The Hall–Kier alpha value is -3.49. The van der Waals surface area contributed by atoms with Crippen LogP contribution >= 0.6 is 0 Å². The number of imide groups is 1. The predicted molar refractivity (Wildman–Crippen MR) is 95.2 cm³/mol. The van der Waals surface area contributed by atoms with E-state index in [2.05, 4.69) is 15.6 Å². The minimum Gasteiger partial charge on any atom is -0.336 e. The summed E-state index contributed by atoms with van der Waals surface area (Å²) < 4.78 is 1.40. The lowest BCUT2D eigenvalue weighted by molar-refractivity contribution is -0.136. The molecule has 3 amide bonds. The van der Waals surface area contributed by atoms with Crippen LogP contribution in [0.1, 0.15) is 28.8 Å². The standard InChI is InChI=1S/C18H17N5O4/c1-22-7-6-19-15(18(22)27)20-11-3-2-10-9-23(17(26)12(10)8-11)13-4-5-14(24)21-16(13)25/h2-3,6-8,13H,4-5,9H2,1H3,(H,19,20)(H,21,24,25). The largest absolute Gasteiger partial charge is 0.336 e. The third-order valence-electron chi connectivity index (χ3n) is 4.81. The highest BCUT2D eigenvalue weighted by atomic mass is 16.2. The molecule has 138 valence electrons. The maximum atomic E-state index is 12.8. The van der Waals surface area contributed by atoms with E-state index in [1.807, 2.05) is 0 Å². The number of hydrogen-bond donors (Lipinski definition) is 2. The van der Waals surface area contributed by atoms with Gasteiger partial charge in [-0.3, -0.25) is 24.5 Å². The van der Waals surface area contributed by atoms with Crippen molar-refractivity contribution < 1.29 is 14.4 Å². The lowest BCUT2D eigenvalue weighted by atomic mass is 10.0. The summed E-state index contributed by atoms with van der Waals surface area (Å²) in [6, 6.07) is 4.54. The van der Waals surface area contributed by atoms with Crippen LogP contribution in [0.2, 0.25) is 0 Å². The quantitative estimate of drug-likeness (QED) is 0.754. The van der Waals surface area contributed by atoms with Crippen molar-refractivity contribution in [3.05, 3.63) is 52.1 Å². The summed E-state index contributed by atoms with van der Waals surface area (Å²) in [6.07, 6.45) is 3.59. The molecule has 9 heteroatoms. The number of aryl methyl sites for hydroxylation is 1. The summed E-state index contributed by atoms with van der Waals surface area (Å²) in [5.41, 5.74) is 1.54. The Bertz CT molecular complexity index is 1030. The summed E-state index contributed by atoms with van der Waals surface area (Å²) in [5, 5.41) is 5.21. The molecule has 1 atom stereocenters. The van der Waals surface area contributed by atoms with Gasteiger partial charge in [0.05, 0.1) is 0 Å². The first-order valence-corrected chi connectivity index (χ1v) is 8.50. The highest BCUT2D eigenvalue weighted by Crippen LogP contribution is 2.29. The van der Waals surface area contributed by atoms with E-state index in [0.29, 0.717) is 24.2 Å². The molecular weight excluding hydrogens is 350 g/mol. The minimum absolute atomic E-state index is 0.160. The number of benzene rings is 1. The van der Waals surface area contributed by atoms with Crippen molar-refractivity contribution in [2.75, 3.05) is 5.32 Å². The van der Waals surface area contributed by atoms with Crippen molar-refractivity contribution in [3.63, 3.8) is 0 Å². The molecule has 0 spiro atoms. The molecule has 0 saturated carbocycles. The molecular formula is C18H17N5O4. The molecule has 1 aromatic carbocycles. The predicted octanol–water partition coefficient (Wildman–Crippen LogP) is 0.285. The number of carbonyl (C=O) groups excluding carboxylic acids is 3. The number of carbonyl (C=O) groups is 3. The molecule has 2 aliphatic heterocycles. The SMILES string of the molecule is Cn1ccnc(Nc2ccc3c(c2)C(=O)N(C2CCC(=O)NC2=O)C3)c1=O. The number of nitrogens with one attached hydrogen (secondary N) is 2. The van der Waals surface area contributed by atoms with Crippen molar-refractivity contribution in [3.8, 4) is 0 Å². The third kappa shape index (κ3) is 2.97. The molecule has 3 heterocycles. The van der Waals surface area contributed by atoms with E-state index < -0.39 is 11.9 Å². The molecule has 0 radical (unpaired) electrons. The van der Waals surface area contributed by atoms with Gasteiger partial charge in [-0.1, -0.05) is 6.07 Å². The second kappa shape index (κ2) is 6.35. The lowest BCUT2D eigenvalue weighted by Gasteiger charge is -2.29. The molecule has 0 aliphatic carbocycles. The van der Waals surface area contributed by atoms with Gasteiger partial charge in [0.15, 0.2) is 5.82 Å². The van der Waals surface area contributed by atoms with Crippen molar-refractivity contribution in [2.45, 2.75) is 25.4 Å². The Kier molecular flexibility index (Phi) is 3.98. The van der Waals surface area contributed by atoms with E-state index >= 15 is 0 Å². The zero-order valence-corrected chi connectivity index (χ0v) is 14.6. The van der Waals surface area contributed by atoms with Gasteiger partial charge in [-0.05, 0) is 24.1 Å². The first-order chi connectivity index (χ1) is 12.9. The summed E-state index contributed by atoms with van der Waals surface area (Å²) in [4.78, 5) is 53.8. The Morgan fingerprint density at radius 2 is 2.04 bits per heavy atom. The summed E-state index contributed by atoms with van der Waals surface area (Å²) in [7, 11) is 1.62. The maximum Gasteiger partial charge on any atom is 0.293 e. The first kappa shape index (κ1) is 17.0. The van der Waals surface area contributed by atoms with Gasteiger partial charge in [0.1, 0.15) is 6.04 Å². The zero-order chi connectivity index (χ0) is 19.1. The number of anilines is 2. The normalized spacial score (nSPS) is 19.1. The Balaban J connectivity index is 1.58. The zero-order valence-electron chi connectivity index (χ0n) is 14.6. The average molecular weight is 367 g/mol. The van der Waals surface area contributed by atoms with Crippen LogP contribution in [0.3, 0.4) is 0 Å². The fourth-order valence-corrected chi connectivity index (χ4v) is 3.35. The molecule has 2 aromatic rings. The topological polar surface area (TPSA) is 113 Å². The molecule has 2 aliphatic rings. The third-order valence-corrected chi connectivity index (χ3v) is 4.81. The van der Waals surface area contributed by atoms with Crippen LogP contribution in [0.25, 0.3) is 0 Å². The highest BCUT2D eigenvalue weighted by molar-refractivity contribution is 6.05. The first-order valence-electron chi connectivity index (χ1n) is 8.50. The molecule has 1 unspecified atom stereocenters. The van der Waals surface area contributed by atoms with Crippen molar-refractivity contribution in [2.24, 2.45) is 7.05 Å². The molecule has 9 nitrogen and oxygen atoms in total. The molecule has 27 heavy (non-hydrogen) atoms. The van der Waals surface area contributed by atoms with E-state index in [4.69, 9.17) is 0 Å². The van der Waals surface area contributed by atoms with Gasteiger partial charge in [-0.15, -0.1) is 0 Å². The Labute approximate surface area is 154 Å². The molecule has 2 N–H and O–H groups in total. The summed E-state index contributed by atoms with van der Waals surface area (Å²) >= 11 is 0. The summed E-state index contributed by atoms with van der Waals surface area (Å²) in [5.74, 6) is -0.865. The van der Waals surface area contributed by atoms with Crippen LogP contribution < -0.4 is 16.2 Å². The van der Waals surface area contributed by atoms with Crippen LogP contribution in [0.5, 0.6) is 0 Å². The van der Waals surface area contributed by atoms with E-state index in [-0.39, 0.29) is 29.6 Å². The number of rotatable bonds is 3. The number of hydrogen-bond acceptors (Lipinski definition) is 6. The van der Waals surface area contributed by atoms with Crippen LogP contribution in [-0.4, -0.2) is 38.2 Å². The van der Waals surface area contributed by atoms with Crippen LogP contribution in [-0.2, 0) is 23.2 Å². The van der Waals surface area contributed by atoms with E-state index in [1.165, 1.54) is 15.7 Å². The smallest absolute Gasteiger partial charge is 0.293 e. The Morgan fingerprint density at radius 1 is 1.22 bits per heavy atom. The van der Waals surface area contributed by atoms with Gasteiger partial charge in [-0.25, -0.2) is 4.98 Å². The van der Waals surface area contributed by atoms with E-state index in [9.17, 15) is 19.2 Å². The molecule has 1 saturated heterocycles. The van der Waals surface area contributed by atoms with Gasteiger partial charge in [-0.2, -0.15) is 0 Å². The monoisotopic (exact) mass is 367 g/mol. The number of amides is 3. The van der Waals surface area contributed by atoms with Crippen molar-refractivity contribution in [1.82, 2.24) is 19.8 Å². The van der Waals surface area contributed by atoms with Gasteiger partial charge < -0.3 is 14.8 Å². The Morgan fingerprint density at radius 3 is 2.81 bits per heavy atom. The second-order valence-corrected chi connectivity index (χ2v) is 6.59. The van der Waals surface area contributed by atoms with Gasteiger partial charge in [0, 0.05) is 43.7 Å². The van der Waals surface area contributed by atoms with Crippen LogP contribution in [0.15, 0.2) is 35.4 Å². The fourth-order valence-electron chi connectivity index (χ4n) is 3.35. The van der Waals surface area contributed by atoms with Gasteiger partial charge >= 0.3 is 0 Å². The lowest BCUT2D eigenvalue weighted by Crippen LogP contribution is -2.52. The molecule has 4 rings (SSSR count). The molecule has 1 aromatic heterocycles. The number of aromatic nitrogens is 2. The maximum absolute atomic E-state index is 12.8. The van der Waals surface area contributed by atoms with Crippen molar-refractivity contribution in [1.29, 1.82) is 0 Å². The molecule has 0 bridgehead atoms. The summed E-state index contributed by atoms with van der Waals surface area (Å²) in [6.45, 7) is 0.312. The average Bonchev–Trinajstić information content (AvgIpc) is 2.95. The van der Waals surface area contributed by atoms with Crippen LogP contribution in [0.4, 0.5) is 11.5 Å². The number of piperidine rings is 1. The number of fused-ring (bicyclic) bond motifs is 1. The van der Waals surface area contributed by atoms with Crippen molar-refractivity contribution >= 4 is 29.2 Å². The van der Waals surface area contributed by atoms with E-state index in [0.717, 1.165) is 5.56 Å².